The van der Waals surface area contributed by atoms with Gasteiger partial charge >= 0.3 is 0 Å². The van der Waals surface area contributed by atoms with Crippen LogP contribution < -0.4 is 10.1 Å². The van der Waals surface area contributed by atoms with E-state index in [1.54, 1.807) is 7.11 Å². The maximum atomic E-state index is 13.0. The molecule has 30 heavy (non-hydrogen) atoms. The van der Waals surface area contributed by atoms with Crippen LogP contribution in [-0.2, 0) is 17.8 Å². The summed E-state index contributed by atoms with van der Waals surface area (Å²) in [5.74, 6) is 1.47. The highest BCUT2D eigenvalue weighted by Gasteiger charge is 2.27. The summed E-state index contributed by atoms with van der Waals surface area (Å²) in [6, 6.07) is 8.86. The molecule has 0 spiro atoms. The summed E-state index contributed by atoms with van der Waals surface area (Å²) in [7, 11) is 1.67. The second-order valence-corrected chi connectivity index (χ2v) is 8.50. The first-order valence-electron chi connectivity index (χ1n) is 10.8. The van der Waals surface area contributed by atoms with E-state index in [4.69, 9.17) is 4.74 Å². The number of ether oxygens (including phenoxy) is 1. The van der Waals surface area contributed by atoms with Gasteiger partial charge in [0, 0.05) is 24.8 Å². The number of hydrogen-bond donors (Lipinski definition) is 1. The summed E-state index contributed by atoms with van der Waals surface area (Å²) < 4.78 is 7.55. The van der Waals surface area contributed by atoms with Gasteiger partial charge in [-0.2, -0.15) is 5.26 Å². The zero-order chi connectivity index (χ0) is 21.3. The van der Waals surface area contributed by atoms with Gasteiger partial charge in [0.1, 0.15) is 17.6 Å². The van der Waals surface area contributed by atoms with Crippen LogP contribution in [0.15, 0.2) is 18.2 Å². The van der Waals surface area contributed by atoms with E-state index in [9.17, 15) is 10.1 Å². The molecule has 6 nitrogen and oxygen atoms in total. The molecule has 1 aliphatic carbocycles. The number of methoxy groups -OCH3 is 1. The molecule has 6 heteroatoms. The van der Waals surface area contributed by atoms with Crippen molar-refractivity contribution in [2.24, 2.45) is 0 Å². The van der Waals surface area contributed by atoms with Crippen molar-refractivity contribution in [1.82, 2.24) is 9.47 Å². The van der Waals surface area contributed by atoms with Gasteiger partial charge in [0.25, 0.3) is 0 Å². The standard InChI is InChI=1S/C24H30N4O2/c1-16-17(2)28(20-6-4-5-7-20)24(22(16)13-25)26-23(29)15-27-11-10-18-8-9-21(30-3)12-19(18)14-27/h8-9,12,20H,4-7,10-11,14-15H2,1-3H3,(H,26,29). The van der Waals surface area contributed by atoms with E-state index in [0.717, 1.165) is 49.4 Å². The summed E-state index contributed by atoms with van der Waals surface area (Å²) in [5.41, 5.74) is 5.20. The summed E-state index contributed by atoms with van der Waals surface area (Å²) in [6.07, 6.45) is 5.54. The average Bonchev–Trinajstić information content (AvgIpc) is 3.34. The van der Waals surface area contributed by atoms with Crippen molar-refractivity contribution < 1.29 is 9.53 Å². The Labute approximate surface area is 178 Å². The fourth-order valence-electron chi connectivity index (χ4n) is 4.93. The maximum Gasteiger partial charge on any atom is 0.239 e. The van der Waals surface area contributed by atoms with Crippen LogP contribution in [0.2, 0.25) is 0 Å². The third kappa shape index (κ3) is 3.82. The molecule has 1 amide bonds. The minimum Gasteiger partial charge on any atom is -0.497 e. The number of amides is 1. The summed E-state index contributed by atoms with van der Waals surface area (Å²) >= 11 is 0. The van der Waals surface area contributed by atoms with Gasteiger partial charge in [-0.1, -0.05) is 18.9 Å². The molecule has 0 radical (unpaired) electrons. The lowest BCUT2D eigenvalue weighted by Gasteiger charge is -2.28. The quantitative estimate of drug-likeness (QED) is 0.812. The number of benzene rings is 1. The zero-order valence-electron chi connectivity index (χ0n) is 18.1. The number of nitrogens with zero attached hydrogens (tertiary/aromatic N) is 3. The van der Waals surface area contributed by atoms with Crippen LogP contribution >= 0.6 is 0 Å². The van der Waals surface area contributed by atoms with E-state index < -0.39 is 0 Å². The molecule has 0 saturated heterocycles. The smallest absolute Gasteiger partial charge is 0.239 e. The molecule has 2 aliphatic rings. The van der Waals surface area contributed by atoms with Gasteiger partial charge in [-0.05, 0) is 61.9 Å². The Morgan fingerprint density at radius 3 is 2.73 bits per heavy atom. The Kier molecular flexibility index (Phi) is 5.83. The molecular weight excluding hydrogens is 376 g/mol. The first-order chi connectivity index (χ1) is 14.5. The number of anilines is 1. The molecule has 1 aromatic heterocycles. The lowest BCUT2D eigenvalue weighted by atomic mass is 9.99. The van der Waals surface area contributed by atoms with E-state index in [-0.39, 0.29) is 5.91 Å². The monoisotopic (exact) mass is 406 g/mol. The zero-order valence-corrected chi connectivity index (χ0v) is 18.1. The predicted octanol–water partition coefficient (Wildman–Crippen LogP) is 4.10. The average molecular weight is 407 g/mol. The van der Waals surface area contributed by atoms with E-state index in [1.807, 2.05) is 13.0 Å². The Morgan fingerprint density at radius 2 is 2.03 bits per heavy atom. The topological polar surface area (TPSA) is 70.3 Å². The van der Waals surface area contributed by atoms with E-state index in [2.05, 4.69) is 39.9 Å². The van der Waals surface area contributed by atoms with Gasteiger partial charge in [-0.15, -0.1) is 0 Å². The lowest BCUT2D eigenvalue weighted by Crippen LogP contribution is -2.37. The summed E-state index contributed by atoms with van der Waals surface area (Å²) in [5, 5.41) is 12.8. The Bertz CT molecular complexity index is 996. The van der Waals surface area contributed by atoms with Crippen molar-refractivity contribution >= 4 is 11.7 Å². The molecule has 2 heterocycles. The first-order valence-corrected chi connectivity index (χ1v) is 10.8. The molecule has 0 bridgehead atoms. The summed E-state index contributed by atoms with van der Waals surface area (Å²) in [6.45, 7) is 5.92. The van der Waals surface area contributed by atoms with Crippen LogP contribution in [-0.4, -0.2) is 35.6 Å². The van der Waals surface area contributed by atoms with E-state index >= 15 is 0 Å². The molecule has 1 saturated carbocycles. The third-order valence-electron chi connectivity index (χ3n) is 6.69. The third-order valence-corrected chi connectivity index (χ3v) is 6.69. The second kappa shape index (κ2) is 8.53. The number of carbonyl (C=O) groups is 1. The predicted molar refractivity (Wildman–Crippen MR) is 117 cm³/mol. The highest BCUT2D eigenvalue weighted by molar-refractivity contribution is 5.93. The normalized spacial score (nSPS) is 16.9. The fourth-order valence-corrected chi connectivity index (χ4v) is 4.93. The Balaban J connectivity index is 1.51. The van der Waals surface area contributed by atoms with Crippen molar-refractivity contribution in [3.05, 3.63) is 46.1 Å². The number of hydrogen-bond acceptors (Lipinski definition) is 4. The highest BCUT2D eigenvalue weighted by Crippen LogP contribution is 2.37. The molecule has 0 atom stereocenters. The number of carbonyl (C=O) groups excluding carboxylic acids is 1. The van der Waals surface area contributed by atoms with Crippen LogP contribution in [0.1, 0.15) is 59.7 Å². The van der Waals surface area contributed by atoms with Gasteiger partial charge in [0.05, 0.1) is 19.2 Å². The first kappa shape index (κ1) is 20.5. The largest absolute Gasteiger partial charge is 0.497 e. The fraction of sp³-hybridized carbons (Fsp3) is 0.500. The molecule has 1 N–H and O–H groups in total. The van der Waals surface area contributed by atoms with E-state index in [1.165, 1.54) is 24.0 Å². The molecule has 1 fully saturated rings. The van der Waals surface area contributed by atoms with Crippen LogP contribution in [0.4, 0.5) is 5.82 Å². The Morgan fingerprint density at radius 1 is 1.27 bits per heavy atom. The van der Waals surface area contributed by atoms with Crippen molar-refractivity contribution in [1.29, 1.82) is 5.26 Å². The minimum atomic E-state index is -0.0606. The molecule has 2 aromatic rings. The molecule has 1 aromatic carbocycles. The van der Waals surface area contributed by atoms with Crippen molar-refractivity contribution in [3.8, 4) is 11.8 Å². The van der Waals surface area contributed by atoms with Crippen LogP contribution in [0.5, 0.6) is 5.75 Å². The molecule has 158 valence electrons. The number of nitriles is 1. The molecular formula is C24H30N4O2. The SMILES string of the molecule is COc1ccc2c(c1)CN(CC(=O)Nc1c(C#N)c(C)c(C)n1C1CCCC1)CC2. The number of fused-ring (bicyclic) bond motifs is 1. The van der Waals surface area contributed by atoms with Crippen LogP contribution in [0, 0.1) is 25.2 Å². The second-order valence-electron chi connectivity index (χ2n) is 8.50. The van der Waals surface area contributed by atoms with Gasteiger partial charge < -0.3 is 14.6 Å². The van der Waals surface area contributed by atoms with Crippen LogP contribution in [0.3, 0.4) is 0 Å². The number of nitrogens with one attached hydrogen (secondary N) is 1. The summed E-state index contributed by atoms with van der Waals surface area (Å²) in [4.78, 5) is 15.1. The highest BCUT2D eigenvalue weighted by atomic mass is 16.5. The lowest BCUT2D eigenvalue weighted by molar-refractivity contribution is -0.117. The van der Waals surface area contributed by atoms with Crippen LogP contribution in [0.25, 0.3) is 0 Å². The van der Waals surface area contributed by atoms with Crippen molar-refractivity contribution in [2.75, 3.05) is 25.5 Å². The molecule has 4 rings (SSSR count). The van der Waals surface area contributed by atoms with Gasteiger partial charge in [0.2, 0.25) is 5.91 Å². The van der Waals surface area contributed by atoms with Gasteiger partial charge in [-0.3, -0.25) is 9.69 Å². The maximum absolute atomic E-state index is 13.0. The van der Waals surface area contributed by atoms with Crippen molar-refractivity contribution in [2.45, 2.75) is 58.5 Å². The Hall–Kier alpha value is -2.78. The molecule has 1 aliphatic heterocycles. The van der Waals surface area contributed by atoms with E-state index in [0.29, 0.717) is 24.0 Å². The number of rotatable bonds is 5. The van der Waals surface area contributed by atoms with Gasteiger partial charge in [0.15, 0.2) is 0 Å². The van der Waals surface area contributed by atoms with Crippen molar-refractivity contribution in [3.63, 3.8) is 0 Å². The molecule has 0 unspecified atom stereocenters. The van der Waals surface area contributed by atoms with Gasteiger partial charge in [-0.25, -0.2) is 0 Å². The minimum absolute atomic E-state index is 0.0606. The number of aromatic nitrogens is 1.